The molecule has 2 unspecified atom stereocenters. The highest BCUT2D eigenvalue weighted by Gasteiger charge is 2.39. The molecule has 10 nitrogen and oxygen atoms in total. The molecule has 33 heavy (non-hydrogen) atoms. The number of nitrogens with zero attached hydrogens (tertiary/aromatic N) is 3. The molecule has 1 heterocycles. The number of ether oxygens (including phenoxy) is 2. The summed E-state index contributed by atoms with van der Waals surface area (Å²) in [6.45, 7) is 2.41. The molecule has 1 aliphatic rings. The fourth-order valence-electron chi connectivity index (χ4n) is 3.81. The molecule has 0 radical (unpaired) electrons. The zero-order valence-corrected chi connectivity index (χ0v) is 18.8. The van der Waals surface area contributed by atoms with Crippen LogP contribution in [-0.4, -0.2) is 49.4 Å². The second-order valence-electron chi connectivity index (χ2n) is 7.40. The van der Waals surface area contributed by atoms with Gasteiger partial charge in [0.25, 0.3) is 5.69 Å². The van der Waals surface area contributed by atoms with Crippen molar-refractivity contribution in [1.29, 1.82) is 5.26 Å². The fraction of sp³-hybridized carbons (Fsp3) is 0.478. The highest BCUT2D eigenvalue weighted by atomic mass is 16.6. The molecule has 1 N–H and O–H groups in total. The van der Waals surface area contributed by atoms with Crippen LogP contribution < -0.4 is 5.32 Å². The van der Waals surface area contributed by atoms with Gasteiger partial charge in [-0.25, -0.2) is 4.79 Å². The molecule has 2 rings (SSSR count). The van der Waals surface area contributed by atoms with Crippen LogP contribution in [-0.2, 0) is 19.1 Å². The Morgan fingerprint density at radius 2 is 2.03 bits per heavy atom. The van der Waals surface area contributed by atoms with Crippen molar-refractivity contribution in [3.63, 3.8) is 0 Å². The fourth-order valence-corrected chi connectivity index (χ4v) is 3.81. The van der Waals surface area contributed by atoms with Gasteiger partial charge in [-0.3, -0.25) is 19.9 Å². The Bertz CT molecular complexity index is 949. The van der Waals surface area contributed by atoms with Gasteiger partial charge < -0.3 is 14.8 Å². The summed E-state index contributed by atoms with van der Waals surface area (Å²) in [4.78, 5) is 39.9. The van der Waals surface area contributed by atoms with Crippen LogP contribution in [0.5, 0.6) is 0 Å². The Balaban J connectivity index is 2.58. The van der Waals surface area contributed by atoms with Gasteiger partial charge >= 0.3 is 5.97 Å². The highest BCUT2D eigenvalue weighted by molar-refractivity contribution is 6.00. The summed E-state index contributed by atoms with van der Waals surface area (Å²) in [6, 6.07) is 7.19. The molecular formula is C23H28N4O6. The summed E-state index contributed by atoms with van der Waals surface area (Å²) in [5, 5.41) is 22.7. The monoisotopic (exact) mass is 456 g/mol. The van der Waals surface area contributed by atoms with E-state index in [1.165, 1.54) is 12.1 Å². The van der Waals surface area contributed by atoms with Crippen LogP contribution in [0, 0.1) is 21.4 Å². The number of nitriles is 1. The average Bonchev–Trinajstić information content (AvgIpc) is 2.82. The molecule has 1 amide bonds. The zero-order chi connectivity index (χ0) is 24.2. The van der Waals surface area contributed by atoms with Crippen LogP contribution in [0.2, 0.25) is 0 Å². The van der Waals surface area contributed by atoms with E-state index < -0.39 is 22.9 Å². The van der Waals surface area contributed by atoms with Gasteiger partial charge in [0.2, 0.25) is 6.41 Å². The number of rotatable bonds is 13. The normalized spacial score (nSPS) is 17.7. The van der Waals surface area contributed by atoms with Crippen molar-refractivity contribution in [2.24, 2.45) is 4.99 Å². The molecule has 1 aromatic carbocycles. The van der Waals surface area contributed by atoms with E-state index in [9.17, 15) is 19.7 Å². The largest absolute Gasteiger partial charge is 0.461 e. The van der Waals surface area contributed by atoms with E-state index in [2.05, 4.69) is 5.32 Å². The topological polar surface area (TPSA) is 144 Å². The number of nitro groups is 1. The molecule has 0 bridgehead atoms. The predicted molar refractivity (Wildman–Crippen MR) is 120 cm³/mol. The van der Waals surface area contributed by atoms with Crippen molar-refractivity contribution in [3.8, 4) is 6.07 Å². The second-order valence-corrected chi connectivity index (χ2v) is 7.40. The van der Waals surface area contributed by atoms with Crippen molar-refractivity contribution in [2.75, 3.05) is 20.3 Å². The molecule has 0 aliphatic carbocycles. The first-order valence-corrected chi connectivity index (χ1v) is 10.8. The number of hydrogen-bond acceptors (Lipinski definition) is 8. The molecule has 1 aliphatic heterocycles. The number of carbonyl (C=O) groups excluding carboxylic acids is 2. The van der Waals surface area contributed by atoms with E-state index in [0.29, 0.717) is 42.8 Å². The lowest BCUT2D eigenvalue weighted by Crippen LogP contribution is -2.45. The molecule has 0 aromatic heterocycles. The molecule has 0 spiro atoms. The summed E-state index contributed by atoms with van der Waals surface area (Å²) in [5.41, 5.74) is 2.07. The van der Waals surface area contributed by atoms with Crippen LogP contribution in [0.4, 0.5) is 5.69 Å². The third kappa shape index (κ3) is 6.70. The molecule has 0 fully saturated rings. The molecule has 10 heteroatoms. The zero-order valence-electron chi connectivity index (χ0n) is 18.8. The molecule has 0 saturated carbocycles. The lowest BCUT2D eigenvalue weighted by molar-refractivity contribution is -0.384. The van der Waals surface area contributed by atoms with E-state index >= 15 is 0 Å². The number of hydrogen-bond donors (Lipinski definition) is 1. The molecule has 1 aromatic rings. The molecule has 2 atom stereocenters. The Morgan fingerprint density at radius 1 is 1.30 bits per heavy atom. The predicted octanol–water partition coefficient (Wildman–Crippen LogP) is 3.19. The molecule has 176 valence electrons. The van der Waals surface area contributed by atoms with E-state index in [-0.39, 0.29) is 24.3 Å². The number of non-ortho nitro benzene ring substituents is 1. The van der Waals surface area contributed by atoms with Gasteiger partial charge in [-0.2, -0.15) is 5.26 Å². The van der Waals surface area contributed by atoms with Gasteiger partial charge in [-0.15, -0.1) is 0 Å². The number of nitrogens with one attached hydrogen (secondary N) is 1. The van der Waals surface area contributed by atoms with Gasteiger partial charge in [0, 0.05) is 37.5 Å². The van der Waals surface area contributed by atoms with Crippen LogP contribution in [0.15, 0.2) is 40.5 Å². The summed E-state index contributed by atoms with van der Waals surface area (Å²) >= 11 is 0. The third-order valence-electron chi connectivity index (χ3n) is 5.34. The number of allylic oxidation sites excluding steroid dienone is 1. The minimum absolute atomic E-state index is 0.0455. The maximum absolute atomic E-state index is 13.2. The quantitative estimate of drug-likeness (QED) is 0.158. The summed E-state index contributed by atoms with van der Waals surface area (Å²) in [6.07, 6.45) is 3.11. The maximum atomic E-state index is 13.2. The molecular weight excluding hydrogens is 428 g/mol. The highest BCUT2D eigenvalue weighted by Crippen LogP contribution is 2.38. The first-order chi connectivity index (χ1) is 16.0. The van der Waals surface area contributed by atoms with Crippen molar-refractivity contribution in [3.05, 3.63) is 51.2 Å². The smallest absolute Gasteiger partial charge is 0.336 e. The van der Waals surface area contributed by atoms with Crippen LogP contribution in [0.3, 0.4) is 0 Å². The van der Waals surface area contributed by atoms with Crippen LogP contribution >= 0.6 is 0 Å². The van der Waals surface area contributed by atoms with Gasteiger partial charge in [-0.05, 0) is 31.2 Å². The van der Waals surface area contributed by atoms with Crippen molar-refractivity contribution >= 4 is 23.8 Å². The number of methoxy groups -OCH3 is 1. The van der Waals surface area contributed by atoms with Gasteiger partial charge in [-0.1, -0.05) is 19.1 Å². The first-order valence-electron chi connectivity index (χ1n) is 10.8. The van der Waals surface area contributed by atoms with Crippen LogP contribution in [0.1, 0.15) is 50.5 Å². The number of aliphatic imine (C=N–C) groups is 1. The van der Waals surface area contributed by atoms with Gasteiger partial charge in [0.1, 0.15) is 6.61 Å². The maximum Gasteiger partial charge on any atom is 0.336 e. The second kappa shape index (κ2) is 13.1. The van der Waals surface area contributed by atoms with E-state index in [4.69, 9.17) is 19.7 Å². The number of amides is 1. The number of nitro benzene ring substituents is 1. The Morgan fingerprint density at radius 3 is 2.61 bits per heavy atom. The van der Waals surface area contributed by atoms with Crippen molar-refractivity contribution in [2.45, 2.75) is 51.0 Å². The minimum atomic E-state index is -0.643. The van der Waals surface area contributed by atoms with Gasteiger partial charge in [0.05, 0.1) is 34.7 Å². The average molecular weight is 456 g/mol. The Kier molecular flexibility index (Phi) is 10.2. The lowest BCUT2D eigenvalue weighted by Gasteiger charge is -2.34. The number of carbonyl (C=O) groups is 2. The van der Waals surface area contributed by atoms with E-state index in [1.54, 1.807) is 19.2 Å². The summed E-state index contributed by atoms with van der Waals surface area (Å²) in [5.74, 6) is -1.26. The van der Waals surface area contributed by atoms with Crippen molar-refractivity contribution < 1.29 is 24.0 Å². The molecule has 0 saturated heterocycles. The van der Waals surface area contributed by atoms with Crippen LogP contribution in [0.25, 0.3) is 0 Å². The number of unbranched alkanes of at least 4 members (excludes halogenated alkanes) is 1. The lowest BCUT2D eigenvalue weighted by atomic mass is 9.78. The Hall–Kier alpha value is -3.58. The number of benzene rings is 1. The summed E-state index contributed by atoms with van der Waals surface area (Å²) < 4.78 is 10.5. The van der Waals surface area contributed by atoms with E-state index in [1.807, 2.05) is 13.0 Å². The minimum Gasteiger partial charge on any atom is -0.461 e. The van der Waals surface area contributed by atoms with Crippen molar-refractivity contribution in [1.82, 2.24) is 5.32 Å². The van der Waals surface area contributed by atoms with E-state index in [0.717, 1.165) is 12.8 Å². The van der Waals surface area contributed by atoms with Gasteiger partial charge in [0.15, 0.2) is 0 Å². The summed E-state index contributed by atoms with van der Waals surface area (Å²) in [7, 11) is 1.62. The first kappa shape index (κ1) is 25.7. The Labute approximate surface area is 192 Å². The SMILES string of the molecule is CCC1=NC(CCCCOC)=C(C(=O)OCCC#N)C(c2ccc([N+](=O)[O-])cc2)C1NC=O. The number of esters is 1. The third-order valence-corrected chi connectivity index (χ3v) is 5.34. The standard InChI is InChI=1S/C23H28N4O6/c1-3-18-22(25-15-28)20(16-8-10-17(11-9-16)27(30)31)21(23(29)33-14-6-12-24)19(26-18)7-4-5-13-32-2/h8-11,15,20,22H,3-7,13-14H2,1-2H3,(H,25,28).